The quantitative estimate of drug-likeness (QED) is 0.614. The molecule has 7 heteroatoms. The number of carbonyl (C=O) groups excluding carboxylic acids is 1. The number of esters is 1. The molecule has 0 atom stereocenters. The molecule has 0 radical (unpaired) electrons. The normalized spacial score (nSPS) is 10.1. The van der Waals surface area contributed by atoms with Crippen molar-refractivity contribution >= 4 is 17.0 Å². The number of hydrogen-bond donors (Lipinski definition) is 0. The van der Waals surface area contributed by atoms with E-state index in [0.29, 0.717) is 23.3 Å². The first-order valence-corrected chi connectivity index (χ1v) is 5.98. The Labute approximate surface area is 141 Å². The summed E-state index contributed by atoms with van der Waals surface area (Å²) in [6.45, 7) is 8.00. The van der Waals surface area contributed by atoms with Gasteiger partial charge in [0, 0.05) is 12.7 Å². The zero-order valence-corrected chi connectivity index (χ0v) is 14.3. The summed E-state index contributed by atoms with van der Waals surface area (Å²) in [6, 6.07) is 1.53. The molecular formula is C13H14N3O3Y+2. The third-order valence-electron chi connectivity index (χ3n) is 2.71. The monoisotopic (exact) mass is 349 g/mol. The molecule has 0 amide bonds. The first-order chi connectivity index (χ1) is 9.08. The van der Waals surface area contributed by atoms with Crippen LogP contribution in [-0.4, -0.2) is 27.3 Å². The van der Waals surface area contributed by atoms with E-state index in [1.165, 1.54) is 12.3 Å². The number of hydrogen-bond acceptors (Lipinski definition) is 5. The Hall–Kier alpha value is -1.27. The van der Waals surface area contributed by atoms with Gasteiger partial charge >= 0.3 is 38.7 Å². The van der Waals surface area contributed by atoms with E-state index in [4.69, 9.17) is 4.74 Å². The van der Waals surface area contributed by atoms with Gasteiger partial charge in [-0.25, -0.2) is 11.7 Å². The molecule has 0 saturated carbocycles. The van der Waals surface area contributed by atoms with Crippen LogP contribution in [0.5, 0.6) is 0 Å². The van der Waals surface area contributed by atoms with Crippen molar-refractivity contribution in [2.45, 2.75) is 20.4 Å². The number of aromatic nitrogens is 3. The predicted molar refractivity (Wildman–Crippen MR) is 69.9 cm³/mol. The van der Waals surface area contributed by atoms with Crippen molar-refractivity contribution in [2.75, 3.05) is 6.61 Å². The van der Waals surface area contributed by atoms with Crippen LogP contribution in [0.2, 0.25) is 0 Å². The van der Waals surface area contributed by atoms with Crippen LogP contribution in [0.4, 0.5) is 0 Å². The van der Waals surface area contributed by atoms with E-state index >= 15 is 0 Å². The molecule has 2 aromatic rings. The minimum atomic E-state index is -0.626. The van der Waals surface area contributed by atoms with Crippen LogP contribution < -0.4 is 5.43 Å². The third-order valence-corrected chi connectivity index (χ3v) is 2.71. The van der Waals surface area contributed by atoms with Crippen molar-refractivity contribution < 1.29 is 42.2 Å². The second-order valence-corrected chi connectivity index (χ2v) is 3.95. The smallest absolute Gasteiger partial charge is 0.462 e. The Balaban J connectivity index is 0.00000200. The van der Waals surface area contributed by atoms with Gasteiger partial charge in [-0.05, 0) is 19.2 Å². The number of ether oxygens (including phenoxy) is 1. The summed E-state index contributed by atoms with van der Waals surface area (Å²) in [5.74, 6) is -0.626. The summed E-state index contributed by atoms with van der Waals surface area (Å²) < 4.78 is 6.57. The minimum Gasteiger partial charge on any atom is -0.462 e. The number of nitrogens with zero attached hydrogens (tertiary/aromatic N) is 3. The van der Waals surface area contributed by atoms with E-state index in [0.717, 1.165) is 0 Å². The van der Waals surface area contributed by atoms with Crippen LogP contribution in [0.1, 0.15) is 29.9 Å². The number of fused-ring (bicyclic) bond motifs is 1. The third kappa shape index (κ3) is 3.07. The molecule has 0 N–H and O–H groups in total. The standard InChI is InChI=1S/C13H14N3O3.Y/c1-4-16-7-10(13(18)19-5-2)11(17)9-6-8(3)14-15-12(9)16;/h6-7H,3-5H2,1-2H3;/q-1;+3. The summed E-state index contributed by atoms with van der Waals surface area (Å²) in [6.07, 6.45) is 1.46. The van der Waals surface area contributed by atoms with Gasteiger partial charge in [-0.15, -0.1) is 5.10 Å². The number of aryl methyl sites for hydroxylation is 1. The van der Waals surface area contributed by atoms with Crippen molar-refractivity contribution in [3.8, 4) is 0 Å². The molecule has 0 bridgehead atoms. The van der Waals surface area contributed by atoms with E-state index < -0.39 is 11.4 Å². The Morgan fingerprint density at radius 1 is 1.40 bits per heavy atom. The largest absolute Gasteiger partial charge is 3.00 e. The fourth-order valence-electron chi connectivity index (χ4n) is 1.82. The average Bonchev–Trinajstić information content (AvgIpc) is 2.40. The molecule has 0 fully saturated rings. The van der Waals surface area contributed by atoms with Crippen LogP contribution in [0, 0.1) is 6.92 Å². The molecule has 2 aromatic heterocycles. The van der Waals surface area contributed by atoms with Crippen molar-refractivity contribution in [1.82, 2.24) is 14.8 Å². The van der Waals surface area contributed by atoms with Crippen LogP contribution in [0.15, 0.2) is 17.1 Å². The van der Waals surface area contributed by atoms with Gasteiger partial charge in [0.2, 0.25) is 0 Å². The zero-order chi connectivity index (χ0) is 14.0. The number of carbonyl (C=O) groups is 1. The van der Waals surface area contributed by atoms with E-state index in [-0.39, 0.29) is 44.9 Å². The van der Waals surface area contributed by atoms with E-state index in [1.807, 2.05) is 6.92 Å². The van der Waals surface area contributed by atoms with Gasteiger partial charge in [-0.2, -0.15) is 11.2 Å². The van der Waals surface area contributed by atoms with Gasteiger partial charge in [-0.3, -0.25) is 4.79 Å². The van der Waals surface area contributed by atoms with Crippen molar-refractivity contribution in [3.63, 3.8) is 0 Å². The Bertz CT molecular complexity index is 697. The maximum absolute atomic E-state index is 12.3. The minimum absolute atomic E-state index is 0. The SMILES string of the molecule is [CH2-]c1cc2c(=O)c(C(=O)OCC)cn(CC)c2nn1.[Y+3]. The topological polar surface area (TPSA) is 74.1 Å². The molecular weight excluding hydrogens is 335 g/mol. The Morgan fingerprint density at radius 3 is 2.70 bits per heavy atom. The molecule has 0 aromatic carbocycles. The summed E-state index contributed by atoms with van der Waals surface area (Å²) >= 11 is 0. The number of pyridine rings is 1. The molecule has 100 valence electrons. The van der Waals surface area contributed by atoms with Gasteiger partial charge in [0.1, 0.15) is 11.2 Å². The van der Waals surface area contributed by atoms with Crippen LogP contribution in [0.3, 0.4) is 0 Å². The van der Waals surface area contributed by atoms with Gasteiger partial charge in [0.05, 0.1) is 6.61 Å². The summed E-state index contributed by atoms with van der Waals surface area (Å²) in [7, 11) is 0. The molecule has 0 saturated heterocycles. The second kappa shape index (κ2) is 6.95. The molecule has 0 aliphatic rings. The summed E-state index contributed by atoms with van der Waals surface area (Å²) in [4.78, 5) is 24.0. The maximum atomic E-state index is 12.3. The van der Waals surface area contributed by atoms with Crippen molar-refractivity contribution in [1.29, 1.82) is 0 Å². The second-order valence-electron chi connectivity index (χ2n) is 3.95. The molecule has 0 aliphatic heterocycles. The van der Waals surface area contributed by atoms with E-state index in [9.17, 15) is 9.59 Å². The first kappa shape index (κ1) is 16.8. The average molecular weight is 349 g/mol. The molecule has 0 spiro atoms. The number of rotatable bonds is 3. The van der Waals surface area contributed by atoms with Gasteiger partial charge in [-0.1, -0.05) is 5.69 Å². The molecule has 2 heterocycles. The fraction of sp³-hybridized carbons (Fsp3) is 0.308. The van der Waals surface area contributed by atoms with Crippen molar-refractivity contribution in [3.05, 3.63) is 40.7 Å². The van der Waals surface area contributed by atoms with Crippen LogP contribution in [-0.2, 0) is 44.0 Å². The Kier molecular flexibility index (Phi) is 5.83. The summed E-state index contributed by atoms with van der Waals surface area (Å²) in [5.41, 5.74) is 0.419. The zero-order valence-electron chi connectivity index (χ0n) is 11.4. The van der Waals surface area contributed by atoms with E-state index in [2.05, 4.69) is 17.1 Å². The van der Waals surface area contributed by atoms with Gasteiger partial charge in [0.15, 0.2) is 5.43 Å². The first-order valence-electron chi connectivity index (χ1n) is 5.98. The van der Waals surface area contributed by atoms with Gasteiger partial charge in [0.25, 0.3) is 0 Å². The van der Waals surface area contributed by atoms with Crippen molar-refractivity contribution in [2.24, 2.45) is 0 Å². The van der Waals surface area contributed by atoms with E-state index in [1.54, 1.807) is 11.5 Å². The molecule has 0 unspecified atom stereocenters. The van der Waals surface area contributed by atoms with Crippen LogP contribution in [0.25, 0.3) is 11.0 Å². The molecule has 0 aliphatic carbocycles. The summed E-state index contributed by atoms with van der Waals surface area (Å²) in [5, 5.41) is 8.11. The predicted octanol–water partition coefficient (Wildman–Crippen LogP) is 1.17. The maximum Gasteiger partial charge on any atom is 3.00 e. The van der Waals surface area contributed by atoms with Gasteiger partial charge < -0.3 is 9.30 Å². The molecule has 6 nitrogen and oxygen atoms in total. The fourth-order valence-corrected chi connectivity index (χ4v) is 1.82. The molecule has 2 rings (SSSR count). The Morgan fingerprint density at radius 2 is 2.10 bits per heavy atom. The molecule has 20 heavy (non-hydrogen) atoms. The van der Waals surface area contributed by atoms with Crippen LogP contribution >= 0.6 is 0 Å².